The van der Waals surface area contributed by atoms with Crippen molar-refractivity contribution in [3.63, 3.8) is 0 Å². The van der Waals surface area contributed by atoms with Gasteiger partial charge in [0, 0.05) is 26.2 Å². The molecule has 1 fully saturated rings. The monoisotopic (exact) mass is 350 g/mol. The zero-order valence-corrected chi connectivity index (χ0v) is 14.8. The molecule has 24 heavy (non-hydrogen) atoms. The molecular weight excluding hydrogens is 316 g/mol. The summed E-state index contributed by atoms with van der Waals surface area (Å²) in [6, 6.07) is 0. The Morgan fingerprint density at radius 1 is 0.292 bits per heavy atom. The van der Waals surface area contributed by atoms with Gasteiger partial charge in [-0.15, -0.1) is 0 Å². The van der Waals surface area contributed by atoms with Crippen LogP contribution in [0.15, 0.2) is 0 Å². The van der Waals surface area contributed by atoms with E-state index in [0.29, 0.717) is 79.3 Å². The zero-order chi connectivity index (χ0) is 17.0. The molecule has 1 saturated heterocycles. The predicted octanol–water partition coefficient (Wildman–Crippen LogP) is -0.721. The lowest BCUT2D eigenvalue weighted by molar-refractivity contribution is -0.00167. The molecule has 0 aromatic carbocycles. The number of hydrogen-bond donors (Lipinski definition) is 2. The first-order valence-electron chi connectivity index (χ1n) is 8.88. The van der Waals surface area contributed by atoms with Crippen molar-refractivity contribution in [2.75, 3.05) is 105 Å². The molecule has 8 nitrogen and oxygen atoms in total. The van der Waals surface area contributed by atoms with Gasteiger partial charge >= 0.3 is 0 Å². The summed E-state index contributed by atoms with van der Waals surface area (Å²) in [6.07, 6.45) is 0. The zero-order valence-electron chi connectivity index (χ0n) is 14.8. The third kappa shape index (κ3) is 16.5. The van der Waals surface area contributed by atoms with E-state index in [1.807, 2.05) is 0 Å². The minimum Gasteiger partial charge on any atom is -0.378 e. The van der Waals surface area contributed by atoms with Crippen molar-refractivity contribution >= 4 is 0 Å². The Morgan fingerprint density at radius 2 is 0.500 bits per heavy atom. The standard InChI is InChI=1S/C16H34N2O6/c1-5-19-9-10-20-6-2-18-4-8-22-12-14-24-16-15-23-13-11-21-7-3-17-1/h17-18H,1-16H2. The van der Waals surface area contributed by atoms with E-state index in [9.17, 15) is 0 Å². The fraction of sp³-hybridized carbons (Fsp3) is 1.00. The molecule has 0 aliphatic carbocycles. The van der Waals surface area contributed by atoms with Crippen LogP contribution in [-0.2, 0) is 28.4 Å². The van der Waals surface area contributed by atoms with Crippen LogP contribution >= 0.6 is 0 Å². The Kier molecular flexibility index (Phi) is 17.2. The molecule has 0 aromatic rings. The maximum atomic E-state index is 5.47. The molecule has 0 bridgehead atoms. The fourth-order valence-corrected chi connectivity index (χ4v) is 1.91. The minimum atomic E-state index is 0.584. The molecule has 0 saturated carbocycles. The van der Waals surface area contributed by atoms with Crippen LogP contribution in [0.3, 0.4) is 0 Å². The Morgan fingerprint density at radius 3 is 0.750 bits per heavy atom. The molecule has 0 atom stereocenters. The average Bonchev–Trinajstić information content (AvgIpc) is 2.59. The lowest BCUT2D eigenvalue weighted by Gasteiger charge is -2.10. The van der Waals surface area contributed by atoms with Crippen LogP contribution in [-0.4, -0.2) is 105 Å². The number of nitrogens with one attached hydrogen (secondary N) is 2. The van der Waals surface area contributed by atoms with Crippen LogP contribution in [0.4, 0.5) is 0 Å². The summed E-state index contributed by atoms with van der Waals surface area (Å²) in [6.45, 7) is 10.8. The lowest BCUT2D eigenvalue weighted by Crippen LogP contribution is -2.26. The first kappa shape index (κ1) is 21.7. The van der Waals surface area contributed by atoms with Gasteiger partial charge < -0.3 is 39.1 Å². The second kappa shape index (κ2) is 19.0. The van der Waals surface area contributed by atoms with Gasteiger partial charge in [0.2, 0.25) is 0 Å². The Hall–Kier alpha value is -0.320. The highest BCUT2D eigenvalue weighted by molar-refractivity contribution is 4.47. The van der Waals surface area contributed by atoms with E-state index in [2.05, 4.69) is 10.6 Å². The molecule has 0 aromatic heterocycles. The van der Waals surface area contributed by atoms with Gasteiger partial charge in [-0.1, -0.05) is 0 Å². The molecule has 0 amide bonds. The molecule has 0 spiro atoms. The molecule has 1 heterocycles. The third-order valence-corrected chi connectivity index (χ3v) is 3.18. The third-order valence-electron chi connectivity index (χ3n) is 3.18. The number of rotatable bonds is 0. The van der Waals surface area contributed by atoms with Crippen molar-refractivity contribution in [1.82, 2.24) is 10.6 Å². The largest absolute Gasteiger partial charge is 0.378 e. The lowest BCUT2D eigenvalue weighted by atomic mass is 10.6. The smallest absolute Gasteiger partial charge is 0.0701 e. The first-order valence-corrected chi connectivity index (χ1v) is 8.88. The van der Waals surface area contributed by atoms with Gasteiger partial charge in [-0.05, 0) is 0 Å². The molecule has 0 radical (unpaired) electrons. The van der Waals surface area contributed by atoms with E-state index in [1.54, 1.807) is 0 Å². The Balaban J connectivity index is 2.00. The summed E-state index contributed by atoms with van der Waals surface area (Å²) in [4.78, 5) is 0. The molecular formula is C16H34N2O6. The quantitative estimate of drug-likeness (QED) is 0.593. The summed E-state index contributed by atoms with van der Waals surface area (Å²) in [5.74, 6) is 0. The molecule has 1 rings (SSSR count). The van der Waals surface area contributed by atoms with Crippen LogP contribution < -0.4 is 10.6 Å². The average molecular weight is 350 g/mol. The molecule has 8 heteroatoms. The second-order valence-corrected chi connectivity index (χ2v) is 5.17. The number of ether oxygens (including phenoxy) is 6. The highest BCUT2D eigenvalue weighted by Gasteiger charge is 1.95. The van der Waals surface area contributed by atoms with Crippen molar-refractivity contribution in [2.45, 2.75) is 0 Å². The van der Waals surface area contributed by atoms with Gasteiger partial charge in [-0.2, -0.15) is 0 Å². The summed E-state index contributed by atoms with van der Waals surface area (Å²) in [7, 11) is 0. The normalized spacial score (nSPS) is 24.0. The van der Waals surface area contributed by atoms with Crippen molar-refractivity contribution in [3.8, 4) is 0 Å². The minimum absolute atomic E-state index is 0.584. The van der Waals surface area contributed by atoms with E-state index in [-0.39, 0.29) is 0 Å². The van der Waals surface area contributed by atoms with Crippen LogP contribution in [0.5, 0.6) is 0 Å². The van der Waals surface area contributed by atoms with Gasteiger partial charge in [0.15, 0.2) is 0 Å². The van der Waals surface area contributed by atoms with Crippen LogP contribution in [0, 0.1) is 0 Å². The maximum absolute atomic E-state index is 5.47. The second-order valence-electron chi connectivity index (χ2n) is 5.17. The summed E-state index contributed by atoms with van der Waals surface area (Å²) in [5, 5.41) is 6.52. The van der Waals surface area contributed by atoms with Crippen molar-refractivity contribution in [3.05, 3.63) is 0 Å². The molecule has 144 valence electrons. The predicted molar refractivity (Wildman–Crippen MR) is 90.7 cm³/mol. The van der Waals surface area contributed by atoms with Crippen molar-refractivity contribution in [2.24, 2.45) is 0 Å². The van der Waals surface area contributed by atoms with Gasteiger partial charge in [0.25, 0.3) is 0 Å². The summed E-state index contributed by atoms with van der Waals surface area (Å²) >= 11 is 0. The Labute approximate surface area is 145 Å². The summed E-state index contributed by atoms with van der Waals surface area (Å²) < 4.78 is 32.7. The van der Waals surface area contributed by atoms with Gasteiger partial charge in [-0.25, -0.2) is 0 Å². The molecule has 0 unspecified atom stereocenters. The van der Waals surface area contributed by atoms with Gasteiger partial charge in [-0.3, -0.25) is 0 Å². The van der Waals surface area contributed by atoms with Crippen molar-refractivity contribution in [1.29, 1.82) is 0 Å². The summed E-state index contributed by atoms with van der Waals surface area (Å²) in [5.41, 5.74) is 0. The van der Waals surface area contributed by atoms with Crippen LogP contribution in [0.2, 0.25) is 0 Å². The van der Waals surface area contributed by atoms with E-state index >= 15 is 0 Å². The number of hydrogen-bond acceptors (Lipinski definition) is 8. The van der Waals surface area contributed by atoms with Gasteiger partial charge in [0.1, 0.15) is 0 Å². The fourth-order valence-electron chi connectivity index (χ4n) is 1.91. The Bertz CT molecular complexity index is 139. The topological polar surface area (TPSA) is 79.4 Å². The van der Waals surface area contributed by atoms with E-state index < -0.39 is 0 Å². The highest BCUT2D eigenvalue weighted by Crippen LogP contribution is 1.83. The SMILES string of the molecule is C1COCCOCCNCCOCCOCCOCCOCCN1. The van der Waals surface area contributed by atoms with Crippen LogP contribution in [0.1, 0.15) is 0 Å². The first-order chi connectivity index (χ1) is 12.0. The highest BCUT2D eigenvalue weighted by atomic mass is 16.6. The maximum Gasteiger partial charge on any atom is 0.0701 e. The van der Waals surface area contributed by atoms with Crippen molar-refractivity contribution < 1.29 is 28.4 Å². The van der Waals surface area contributed by atoms with E-state index in [0.717, 1.165) is 26.2 Å². The molecule has 1 aliphatic rings. The molecule has 1 aliphatic heterocycles. The van der Waals surface area contributed by atoms with E-state index in [1.165, 1.54) is 0 Å². The van der Waals surface area contributed by atoms with Crippen LogP contribution in [0.25, 0.3) is 0 Å². The van der Waals surface area contributed by atoms with E-state index in [4.69, 9.17) is 28.4 Å². The van der Waals surface area contributed by atoms with Gasteiger partial charge in [0.05, 0.1) is 79.3 Å². The molecule has 2 N–H and O–H groups in total.